The van der Waals surface area contributed by atoms with Crippen LogP contribution in [-0.2, 0) is 0 Å². The number of nitrogens with zero attached hydrogens (tertiary/aromatic N) is 1. The van der Waals surface area contributed by atoms with Gasteiger partial charge in [0.05, 0.1) is 0 Å². The first-order chi connectivity index (χ1) is 4.36. The van der Waals surface area contributed by atoms with Crippen molar-refractivity contribution in [1.82, 2.24) is 10.1 Å². The molecule has 3 heteroatoms. The van der Waals surface area contributed by atoms with Gasteiger partial charge in [0.15, 0.2) is 7.98 Å². The van der Waals surface area contributed by atoms with E-state index < -0.39 is 0 Å². The molecule has 0 aromatic heterocycles. The van der Waals surface area contributed by atoms with Crippen molar-refractivity contribution < 1.29 is 0 Å². The highest BCUT2D eigenvalue weighted by atomic mass is 15.1. The summed E-state index contributed by atoms with van der Waals surface area (Å²) in [5.74, 6) is 1.94. The average molecular weight is 124 g/mol. The second-order valence-corrected chi connectivity index (χ2v) is 3.40. The first kappa shape index (κ1) is 5.75. The van der Waals surface area contributed by atoms with E-state index in [0.717, 1.165) is 11.8 Å². The minimum Gasteiger partial charge on any atom is -0.348 e. The fraction of sp³-hybridized carbons (Fsp3) is 1.00. The maximum Gasteiger partial charge on any atom is 0.185 e. The Labute approximate surface area is 57.0 Å². The summed E-state index contributed by atoms with van der Waals surface area (Å²) in [4.78, 5) is 2.44. The van der Waals surface area contributed by atoms with Gasteiger partial charge in [0.1, 0.15) is 0 Å². The molecular weight excluding hydrogens is 111 g/mol. The van der Waals surface area contributed by atoms with Crippen LogP contribution in [0, 0.1) is 11.8 Å². The van der Waals surface area contributed by atoms with Crippen LogP contribution in [0.2, 0.25) is 0 Å². The molecule has 0 aromatic carbocycles. The van der Waals surface area contributed by atoms with Gasteiger partial charge >= 0.3 is 0 Å². The Hall–Kier alpha value is -0.0151. The molecule has 2 aliphatic heterocycles. The summed E-state index contributed by atoms with van der Waals surface area (Å²) in [6.07, 6.45) is 0. The monoisotopic (exact) mass is 124 g/mol. The Morgan fingerprint density at radius 3 is 2.33 bits per heavy atom. The lowest BCUT2D eigenvalue weighted by Gasteiger charge is -2.07. The molecule has 2 saturated heterocycles. The number of hydrogen-bond donors (Lipinski definition) is 1. The number of fused-ring (bicyclic) bond motifs is 1. The molecule has 0 aromatic rings. The van der Waals surface area contributed by atoms with Crippen LogP contribution in [0.25, 0.3) is 0 Å². The van der Waals surface area contributed by atoms with Gasteiger partial charge in [-0.15, -0.1) is 0 Å². The first-order valence-electron chi connectivity index (χ1n) is 3.75. The van der Waals surface area contributed by atoms with Gasteiger partial charge in [-0.2, -0.15) is 0 Å². The van der Waals surface area contributed by atoms with E-state index in [2.05, 4.69) is 18.1 Å². The normalized spacial score (nSPS) is 43.6. The third-order valence-corrected chi connectivity index (χ3v) is 2.57. The van der Waals surface area contributed by atoms with Crippen molar-refractivity contribution in [2.24, 2.45) is 11.8 Å². The second kappa shape index (κ2) is 1.99. The van der Waals surface area contributed by atoms with E-state index in [9.17, 15) is 0 Å². The van der Waals surface area contributed by atoms with Crippen molar-refractivity contribution in [2.45, 2.75) is 0 Å². The zero-order chi connectivity index (χ0) is 6.27. The van der Waals surface area contributed by atoms with Crippen LogP contribution in [0.3, 0.4) is 0 Å². The Kier molecular flexibility index (Phi) is 1.27. The van der Waals surface area contributed by atoms with E-state index >= 15 is 0 Å². The highest BCUT2D eigenvalue weighted by Gasteiger charge is 2.33. The Morgan fingerprint density at radius 1 is 1.22 bits per heavy atom. The highest BCUT2D eigenvalue weighted by molar-refractivity contribution is 6.04. The summed E-state index contributed by atoms with van der Waals surface area (Å²) >= 11 is 0. The van der Waals surface area contributed by atoms with Crippen LogP contribution < -0.4 is 5.32 Å². The molecule has 50 valence electrons. The van der Waals surface area contributed by atoms with Crippen molar-refractivity contribution in [3.05, 3.63) is 0 Å². The first-order valence-corrected chi connectivity index (χ1v) is 3.75. The molecule has 0 saturated carbocycles. The van der Waals surface area contributed by atoms with E-state index in [1.54, 1.807) is 0 Å². The molecule has 9 heavy (non-hydrogen) atoms. The molecule has 2 aliphatic rings. The Morgan fingerprint density at radius 2 is 1.78 bits per heavy atom. The zero-order valence-corrected chi connectivity index (χ0v) is 5.93. The summed E-state index contributed by atoms with van der Waals surface area (Å²) in [6.45, 7) is 5.15. The third-order valence-electron chi connectivity index (χ3n) is 2.57. The summed E-state index contributed by atoms with van der Waals surface area (Å²) in [5, 5.41) is 3.42. The molecule has 0 spiro atoms. The second-order valence-electron chi connectivity index (χ2n) is 3.40. The van der Waals surface area contributed by atoms with Gasteiger partial charge in [-0.05, 0) is 38.0 Å². The molecule has 2 nitrogen and oxygen atoms in total. The van der Waals surface area contributed by atoms with Gasteiger partial charge in [0.2, 0.25) is 0 Å². The van der Waals surface area contributed by atoms with E-state index in [1.807, 2.05) is 0 Å². The maximum absolute atomic E-state index is 3.42. The maximum atomic E-state index is 3.42. The number of hydrogen-bond acceptors (Lipinski definition) is 2. The van der Waals surface area contributed by atoms with E-state index in [-0.39, 0.29) is 0 Å². The summed E-state index contributed by atoms with van der Waals surface area (Å²) in [5.41, 5.74) is 0. The third kappa shape index (κ3) is 0.884. The quantitative estimate of drug-likeness (QED) is 0.403. The van der Waals surface area contributed by atoms with Crippen molar-refractivity contribution in [3.63, 3.8) is 0 Å². The van der Waals surface area contributed by atoms with Gasteiger partial charge in [0.25, 0.3) is 0 Å². The fourth-order valence-corrected chi connectivity index (χ4v) is 2.09. The SMILES string of the molecule is BN1CC2CNCC2C1. The molecule has 2 fully saturated rings. The largest absolute Gasteiger partial charge is 0.348 e. The lowest BCUT2D eigenvalue weighted by molar-refractivity contribution is 0.504. The Balaban J connectivity index is 2.02. The standard InChI is InChI=1S/C6H13BN2/c7-9-3-5-1-8-2-6(5)4-9/h5-6,8H,1-4,7H2. The topological polar surface area (TPSA) is 15.3 Å². The van der Waals surface area contributed by atoms with Crippen molar-refractivity contribution in [2.75, 3.05) is 26.2 Å². The lowest BCUT2D eigenvalue weighted by Crippen LogP contribution is -2.22. The molecule has 0 radical (unpaired) electrons. The molecule has 2 heterocycles. The molecule has 2 atom stereocenters. The van der Waals surface area contributed by atoms with Gasteiger partial charge in [-0.25, -0.2) is 0 Å². The van der Waals surface area contributed by atoms with Crippen molar-refractivity contribution in [1.29, 1.82) is 0 Å². The van der Waals surface area contributed by atoms with Crippen LogP contribution in [-0.4, -0.2) is 39.0 Å². The molecule has 2 rings (SSSR count). The number of nitrogens with one attached hydrogen (secondary N) is 1. The molecule has 0 amide bonds. The zero-order valence-electron chi connectivity index (χ0n) is 5.93. The van der Waals surface area contributed by atoms with Crippen LogP contribution in [0.15, 0.2) is 0 Å². The van der Waals surface area contributed by atoms with Crippen molar-refractivity contribution in [3.8, 4) is 0 Å². The predicted molar refractivity (Wildman–Crippen MR) is 40.0 cm³/mol. The summed E-state index contributed by atoms with van der Waals surface area (Å²) in [7, 11) is 2.22. The molecular formula is C6H13BN2. The average Bonchev–Trinajstić information content (AvgIpc) is 2.22. The van der Waals surface area contributed by atoms with E-state index in [0.29, 0.717) is 0 Å². The Bertz CT molecular complexity index is 106. The van der Waals surface area contributed by atoms with Crippen molar-refractivity contribution >= 4 is 7.98 Å². The van der Waals surface area contributed by atoms with Crippen LogP contribution in [0.5, 0.6) is 0 Å². The minimum absolute atomic E-state index is 0.968. The molecule has 0 bridgehead atoms. The van der Waals surface area contributed by atoms with E-state index in [1.165, 1.54) is 26.2 Å². The van der Waals surface area contributed by atoms with E-state index in [4.69, 9.17) is 0 Å². The van der Waals surface area contributed by atoms with Crippen LogP contribution in [0.1, 0.15) is 0 Å². The van der Waals surface area contributed by atoms with Crippen LogP contribution >= 0.6 is 0 Å². The van der Waals surface area contributed by atoms with Gasteiger partial charge in [-0.3, -0.25) is 0 Å². The summed E-state index contributed by atoms with van der Waals surface area (Å²) in [6, 6.07) is 0. The molecule has 1 N–H and O–H groups in total. The lowest BCUT2D eigenvalue weighted by atomic mass is 10.0. The number of rotatable bonds is 0. The fourth-order valence-electron chi connectivity index (χ4n) is 2.09. The summed E-state index contributed by atoms with van der Waals surface area (Å²) < 4.78 is 0. The predicted octanol–water partition coefficient (Wildman–Crippen LogP) is -1.31. The smallest absolute Gasteiger partial charge is 0.185 e. The highest BCUT2D eigenvalue weighted by Crippen LogP contribution is 2.24. The van der Waals surface area contributed by atoms with Crippen LogP contribution in [0.4, 0.5) is 0 Å². The molecule has 2 unspecified atom stereocenters. The van der Waals surface area contributed by atoms with Gasteiger partial charge in [0, 0.05) is 0 Å². The van der Waals surface area contributed by atoms with Gasteiger partial charge in [-0.1, -0.05) is 0 Å². The molecule has 0 aliphatic carbocycles. The minimum atomic E-state index is 0.968. The van der Waals surface area contributed by atoms with Gasteiger partial charge < -0.3 is 10.1 Å².